The van der Waals surface area contributed by atoms with Crippen LogP contribution in [0.4, 0.5) is 0 Å². The van der Waals surface area contributed by atoms with Crippen molar-refractivity contribution in [2.75, 3.05) is 0 Å². The first-order valence-corrected chi connectivity index (χ1v) is 12.9. The summed E-state index contributed by atoms with van der Waals surface area (Å²) in [6, 6.07) is 9.28. The number of benzene rings is 1. The fraction of sp³-hybridized carbons (Fsp3) is 0.581. The van der Waals surface area contributed by atoms with Gasteiger partial charge in [-0.2, -0.15) is 0 Å². The van der Waals surface area contributed by atoms with E-state index in [2.05, 4.69) is 83.9 Å². The summed E-state index contributed by atoms with van der Waals surface area (Å²) in [4.78, 5) is 13.1. The molecule has 0 saturated heterocycles. The van der Waals surface area contributed by atoms with Crippen molar-refractivity contribution in [3.8, 4) is 11.3 Å². The zero-order chi connectivity index (χ0) is 24.4. The third-order valence-electron chi connectivity index (χ3n) is 7.37. The normalized spacial score (nSPS) is 15.6. The molecule has 1 aromatic carbocycles. The minimum absolute atomic E-state index is 0.0639. The zero-order valence-corrected chi connectivity index (χ0v) is 22.2. The molecule has 1 aliphatic carbocycles. The van der Waals surface area contributed by atoms with Gasteiger partial charge >= 0.3 is 0 Å². The Kier molecular flexibility index (Phi) is 7.76. The highest BCUT2D eigenvalue weighted by Gasteiger charge is 2.25. The average Bonchev–Trinajstić information content (AvgIpc) is 3.07. The van der Waals surface area contributed by atoms with Gasteiger partial charge in [0.05, 0.1) is 0 Å². The molecule has 0 atom stereocenters. The third kappa shape index (κ3) is 6.08. The van der Waals surface area contributed by atoms with Crippen molar-refractivity contribution in [2.45, 2.75) is 111 Å². The molecule has 33 heavy (non-hydrogen) atoms. The predicted octanol–water partition coefficient (Wildman–Crippen LogP) is 8.79. The lowest BCUT2D eigenvalue weighted by Gasteiger charge is -2.27. The number of aromatic nitrogens is 1. The largest absolute Gasteiger partial charge is 0.344 e. The van der Waals surface area contributed by atoms with Crippen LogP contribution in [0, 0.1) is 12.8 Å². The van der Waals surface area contributed by atoms with Gasteiger partial charge in [-0.25, -0.2) is 0 Å². The number of carbonyl (C=O) groups is 1. The maximum Gasteiger partial charge on any atom is 0.165 e. The van der Waals surface area contributed by atoms with Crippen molar-refractivity contribution in [3.63, 3.8) is 0 Å². The van der Waals surface area contributed by atoms with Gasteiger partial charge in [0, 0.05) is 29.9 Å². The Bertz CT molecular complexity index is 955. The van der Waals surface area contributed by atoms with E-state index in [1.54, 1.807) is 0 Å². The molecule has 1 fully saturated rings. The third-order valence-corrected chi connectivity index (χ3v) is 7.37. The highest BCUT2D eigenvalue weighted by atomic mass is 16.1. The molecule has 0 spiro atoms. The number of ketones is 1. The monoisotopic (exact) mass is 447 g/mol. The van der Waals surface area contributed by atoms with Gasteiger partial charge in [-0.1, -0.05) is 72.9 Å². The second-order valence-corrected chi connectivity index (χ2v) is 12.2. The van der Waals surface area contributed by atoms with E-state index in [0.717, 1.165) is 24.2 Å². The first-order valence-electron chi connectivity index (χ1n) is 12.9. The fourth-order valence-electron chi connectivity index (χ4n) is 5.04. The van der Waals surface area contributed by atoms with Crippen LogP contribution in [-0.2, 0) is 17.4 Å². The van der Waals surface area contributed by atoms with Gasteiger partial charge in [0.25, 0.3) is 0 Å². The van der Waals surface area contributed by atoms with E-state index < -0.39 is 0 Å². The molecular formula is C31H45NO. The molecule has 0 amide bonds. The number of carbonyl (C=O) groups excluding carboxylic acids is 1. The molecule has 2 heteroatoms. The van der Waals surface area contributed by atoms with E-state index in [0.29, 0.717) is 12.3 Å². The van der Waals surface area contributed by atoms with Crippen LogP contribution < -0.4 is 0 Å². The first-order chi connectivity index (χ1) is 15.4. The molecule has 3 rings (SSSR count). The van der Waals surface area contributed by atoms with E-state index in [9.17, 15) is 4.79 Å². The van der Waals surface area contributed by atoms with Crippen molar-refractivity contribution in [2.24, 2.45) is 5.92 Å². The molecule has 1 aromatic heterocycles. The standard InChI is InChI=1S/C31H45NO/c1-9-10-16-29(33)27-20-28(32(22(27)2)21-23-14-12-11-13-15-23)24-17-25(30(3,4)5)19-26(18-24)31(6,7)8/h9,17-20,23H,1,10-16,21H2,2-8H3. The second kappa shape index (κ2) is 10.0. The van der Waals surface area contributed by atoms with Crippen LogP contribution in [-0.4, -0.2) is 10.4 Å². The molecule has 0 aliphatic heterocycles. The Hall–Kier alpha value is -2.09. The Morgan fingerprint density at radius 1 is 0.970 bits per heavy atom. The number of Topliss-reactive ketones (excluding diaryl/α,β-unsaturated/α-hetero) is 1. The van der Waals surface area contributed by atoms with Crippen molar-refractivity contribution >= 4 is 5.78 Å². The van der Waals surface area contributed by atoms with Crippen molar-refractivity contribution in [3.05, 3.63) is 59.3 Å². The van der Waals surface area contributed by atoms with Gasteiger partial charge in [0.1, 0.15) is 0 Å². The number of nitrogens with zero attached hydrogens (tertiary/aromatic N) is 1. The molecule has 1 saturated carbocycles. The van der Waals surface area contributed by atoms with Gasteiger partial charge < -0.3 is 4.57 Å². The summed E-state index contributed by atoms with van der Waals surface area (Å²) in [5.41, 5.74) is 7.30. The lowest BCUT2D eigenvalue weighted by Crippen LogP contribution is -2.18. The van der Waals surface area contributed by atoms with Gasteiger partial charge in [-0.05, 0) is 77.8 Å². The maximum absolute atomic E-state index is 13.1. The highest BCUT2D eigenvalue weighted by molar-refractivity contribution is 5.98. The van der Waals surface area contributed by atoms with E-state index in [1.165, 1.54) is 54.5 Å². The maximum atomic E-state index is 13.1. The molecule has 0 N–H and O–H groups in total. The molecule has 180 valence electrons. The lowest BCUT2D eigenvalue weighted by molar-refractivity contribution is 0.0983. The van der Waals surface area contributed by atoms with E-state index in [-0.39, 0.29) is 16.6 Å². The van der Waals surface area contributed by atoms with Gasteiger partial charge in [-0.15, -0.1) is 6.58 Å². The molecule has 0 radical (unpaired) electrons. The van der Waals surface area contributed by atoms with Crippen LogP contribution in [0.5, 0.6) is 0 Å². The van der Waals surface area contributed by atoms with Crippen LogP contribution in [0.3, 0.4) is 0 Å². The van der Waals surface area contributed by atoms with Crippen molar-refractivity contribution in [1.82, 2.24) is 4.57 Å². The van der Waals surface area contributed by atoms with Crippen LogP contribution in [0.2, 0.25) is 0 Å². The number of hydrogen-bond donors (Lipinski definition) is 0. The average molecular weight is 448 g/mol. The molecule has 0 unspecified atom stereocenters. The second-order valence-electron chi connectivity index (χ2n) is 12.2. The summed E-state index contributed by atoms with van der Waals surface area (Å²) in [5, 5.41) is 0. The molecule has 2 aromatic rings. The molecule has 0 bridgehead atoms. The summed E-state index contributed by atoms with van der Waals surface area (Å²) in [6.45, 7) is 20.7. The summed E-state index contributed by atoms with van der Waals surface area (Å²) in [7, 11) is 0. The molecule has 1 aliphatic rings. The Balaban J connectivity index is 2.17. The number of rotatable bonds is 7. The summed E-state index contributed by atoms with van der Waals surface area (Å²) >= 11 is 0. The number of allylic oxidation sites excluding steroid dienone is 1. The first kappa shape index (κ1) is 25.5. The molecule has 2 nitrogen and oxygen atoms in total. The highest BCUT2D eigenvalue weighted by Crippen LogP contribution is 2.37. The van der Waals surface area contributed by atoms with E-state index in [1.807, 2.05) is 6.08 Å². The Morgan fingerprint density at radius 3 is 2.06 bits per heavy atom. The topological polar surface area (TPSA) is 22.0 Å². The van der Waals surface area contributed by atoms with Crippen molar-refractivity contribution in [1.29, 1.82) is 0 Å². The number of hydrogen-bond acceptors (Lipinski definition) is 1. The minimum Gasteiger partial charge on any atom is -0.344 e. The van der Waals surface area contributed by atoms with Crippen LogP contribution in [0.15, 0.2) is 36.9 Å². The minimum atomic E-state index is 0.0639. The van der Waals surface area contributed by atoms with E-state index >= 15 is 0 Å². The lowest BCUT2D eigenvalue weighted by atomic mass is 9.79. The van der Waals surface area contributed by atoms with Gasteiger partial charge in [0.15, 0.2) is 5.78 Å². The summed E-state index contributed by atoms with van der Waals surface area (Å²) < 4.78 is 2.46. The van der Waals surface area contributed by atoms with Crippen LogP contribution in [0.1, 0.15) is 114 Å². The van der Waals surface area contributed by atoms with Gasteiger partial charge in [0.2, 0.25) is 0 Å². The fourth-order valence-corrected chi connectivity index (χ4v) is 5.04. The predicted molar refractivity (Wildman–Crippen MR) is 142 cm³/mol. The van der Waals surface area contributed by atoms with Crippen molar-refractivity contribution < 1.29 is 4.79 Å². The molecule has 1 heterocycles. The zero-order valence-electron chi connectivity index (χ0n) is 22.2. The quantitative estimate of drug-likeness (QED) is 0.307. The Labute approximate surface area is 202 Å². The Morgan fingerprint density at radius 2 is 1.55 bits per heavy atom. The van der Waals surface area contributed by atoms with Crippen LogP contribution in [0.25, 0.3) is 11.3 Å². The summed E-state index contributed by atoms with van der Waals surface area (Å²) in [6.07, 6.45) is 9.73. The smallest absolute Gasteiger partial charge is 0.165 e. The summed E-state index contributed by atoms with van der Waals surface area (Å²) in [5.74, 6) is 0.937. The van der Waals surface area contributed by atoms with Crippen LogP contribution >= 0.6 is 0 Å². The molecular weight excluding hydrogens is 402 g/mol. The SMILES string of the molecule is C=CCCC(=O)c1cc(-c2cc(C(C)(C)C)cc(C(C)(C)C)c2)n(CC2CCCCC2)c1C. The van der Waals surface area contributed by atoms with E-state index in [4.69, 9.17) is 0 Å². The van der Waals surface area contributed by atoms with Gasteiger partial charge in [-0.3, -0.25) is 4.79 Å².